The largest absolute Gasteiger partial charge is 0.326 e. The van der Waals surface area contributed by atoms with Gasteiger partial charge < -0.3 is 5.32 Å². The Morgan fingerprint density at radius 3 is 1.94 bits per heavy atom. The number of hydrogen-bond donors (Lipinski definition) is 1. The molecule has 0 spiro atoms. The first-order valence-corrected chi connectivity index (χ1v) is 13.6. The second-order valence-corrected chi connectivity index (χ2v) is 15.4. The molecule has 0 fully saturated rings. The van der Waals surface area contributed by atoms with Gasteiger partial charge in [-0.25, -0.2) is 0 Å². The van der Waals surface area contributed by atoms with E-state index in [0.717, 1.165) is 18.5 Å². The highest BCUT2D eigenvalue weighted by molar-refractivity contribution is 8.01. The summed E-state index contributed by atoms with van der Waals surface area (Å²) in [7, 11) is 1.99. The zero-order valence-corrected chi connectivity index (χ0v) is 25.1. The number of hydrogen-bond acceptors (Lipinski definition) is 4. The minimum atomic E-state index is -0.289. The Kier molecular flexibility index (Phi) is 10.8. The maximum Gasteiger partial charge on any atom is 0.224 e. The third kappa shape index (κ3) is 11.1. The van der Waals surface area contributed by atoms with E-state index in [4.69, 9.17) is 4.84 Å². The quantitative estimate of drug-likeness (QED) is 0.283. The fourth-order valence-corrected chi connectivity index (χ4v) is 6.98. The Labute approximate surface area is 214 Å². The fraction of sp³-hybridized carbons (Fsp3) is 0.759. The van der Waals surface area contributed by atoms with Crippen molar-refractivity contribution >= 4 is 23.4 Å². The maximum atomic E-state index is 12.8. The zero-order valence-electron chi connectivity index (χ0n) is 24.3. The number of nitrogens with zero attached hydrogens (tertiary/aromatic N) is 1. The Balaban J connectivity index is 2.77. The number of carbonyl (C=O) groups excluding carboxylic acids is 1. The SMILES string of the molecule is CC(C)SC(C)(C)CC(C)(C)CC(=O)Nc1ccc(C(C)(C)CC(C)(C)ON(C)C(C)C)cc1. The van der Waals surface area contributed by atoms with Crippen molar-refractivity contribution in [3.05, 3.63) is 29.8 Å². The summed E-state index contributed by atoms with van der Waals surface area (Å²) in [5.74, 6) is 0.0774. The second kappa shape index (κ2) is 11.8. The predicted molar refractivity (Wildman–Crippen MR) is 151 cm³/mol. The van der Waals surface area contributed by atoms with Crippen molar-refractivity contribution in [3.8, 4) is 0 Å². The molecule has 1 rings (SSSR count). The number of thioether (sulfide) groups is 1. The summed E-state index contributed by atoms with van der Waals surface area (Å²) < 4.78 is 0.145. The molecule has 0 aliphatic heterocycles. The summed E-state index contributed by atoms with van der Waals surface area (Å²) in [5, 5.41) is 5.62. The third-order valence-corrected chi connectivity index (χ3v) is 7.29. The topological polar surface area (TPSA) is 41.6 Å². The number of carbonyl (C=O) groups is 1. The Morgan fingerprint density at radius 2 is 1.47 bits per heavy atom. The molecule has 0 atom stereocenters. The summed E-state index contributed by atoms with van der Waals surface area (Å²) in [6, 6.07) is 8.63. The minimum absolute atomic E-state index is 0.0634. The van der Waals surface area contributed by atoms with Gasteiger partial charge in [-0.1, -0.05) is 67.5 Å². The Morgan fingerprint density at radius 1 is 0.941 bits per heavy atom. The smallest absolute Gasteiger partial charge is 0.224 e. The summed E-state index contributed by atoms with van der Waals surface area (Å²) in [5.41, 5.74) is 1.67. The van der Waals surface area contributed by atoms with Gasteiger partial charge in [0.2, 0.25) is 5.91 Å². The van der Waals surface area contributed by atoms with Crippen LogP contribution in [-0.2, 0) is 15.0 Å². The highest BCUT2D eigenvalue weighted by Crippen LogP contribution is 2.41. The van der Waals surface area contributed by atoms with Crippen LogP contribution in [0.5, 0.6) is 0 Å². The lowest BCUT2D eigenvalue weighted by atomic mass is 9.76. The second-order valence-electron chi connectivity index (χ2n) is 13.1. The first kappa shape index (κ1) is 31.0. The van der Waals surface area contributed by atoms with E-state index in [9.17, 15) is 4.79 Å². The van der Waals surface area contributed by atoms with E-state index in [1.165, 1.54) is 5.56 Å². The molecule has 34 heavy (non-hydrogen) atoms. The maximum absolute atomic E-state index is 12.8. The molecule has 0 aliphatic rings. The fourth-order valence-electron chi connectivity index (χ4n) is 5.23. The summed E-state index contributed by atoms with van der Waals surface area (Å²) in [6.45, 7) is 26.5. The van der Waals surface area contributed by atoms with Gasteiger partial charge in [-0.15, -0.1) is 0 Å². The summed E-state index contributed by atoms with van der Waals surface area (Å²) >= 11 is 1.98. The molecule has 1 aromatic carbocycles. The number of benzene rings is 1. The standard InChI is InChI=1S/C29H52N2O2S/c1-21(2)31(13)33-28(9,10)20-27(7,8)23-14-16-24(17-15-23)30-25(32)18-26(5,6)19-29(11,12)34-22(3)4/h14-17,21-22H,18-20H2,1-13H3,(H,30,32). The van der Waals surface area contributed by atoms with Crippen LogP contribution in [0.1, 0.15) is 108 Å². The first-order valence-electron chi connectivity index (χ1n) is 12.7. The highest BCUT2D eigenvalue weighted by Gasteiger charge is 2.33. The van der Waals surface area contributed by atoms with Crippen LogP contribution < -0.4 is 5.32 Å². The Bertz CT molecular complexity index is 780. The molecule has 1 amide bonds. The first-order chi connectivity index (χ1) is 15.2. The van der Waals surface area contributed by atoms with Gasteiger partial charge in [0.05, 0.1) is 5.60 Å². The van der Waals surface area contributed by atoms with Crippen LogP contribution in [0.2, 0.25) is 0 Å². The van der Waals surface area contributed by atoms with E-state index < -0.39 is 0 Å². The molecule has 196 valence electrons. The molecule has 0 saturated heterocycles. The lowest BCUT2D eigenvalue weighted by Crippen LogP contribution is -2.41. The lowest BCUT2D eigenvalue weighted by Gasteiger charge is -2.38. The molecule has 1 N–H and O–H groups in total. The van der Waals surface area contributed by atoms with E-state index >= 15 is 0 Å². The molecule has 0 aromatic heterocycles. The van der Waals surface area contributed by atoms with Crippen molar-refractivity contribution in [3.63, 3.8) is 0 Å². The van der Waals surface area contributed by atoms with Crippen LogP contribution >= 0.6 is 11.8 Å². The average molecular weight is 493 g/mol. The molecule has 0 bridgehead atoms. The monoisotopic (exact) mass is 492 g/mol. The molecule has 0 radical (unpaired) electrons. The third-order valence-electron chi connectivity index (χ3n) is 6.03. The molecule has 0 aliphatic carbocycles. The van der Waals surface area contributed by atoms with Gasteiger partial charge >= 0.3 is 0 Å². The van der Waals surface area contributed by atoms with Gasteiger partial charge in [-0.05, 0) is 74.3 Å². The summed E-state index contributed by atoms with van der Waals surface area (Å²) in [6.07, 6.45) is 2.38. The van der Waals surface area contributed by atoms with Crippen LogP contribution in [0.15, 0.2) is 24.3 Å². The molecule has 4 nitrogen and oxygen atoms in total. The van der Waals surface area contributed by atoms with Crippen molar-refractivity contribution in [1.29, 1.82) is 0 Å². The highest BCUT2D eigenvalue weighted by atomic mass is 32.2. The number of hydroxylamine groups is 2. The molecule has 0 saturated carbocycles. The molecular weight excluding hydrogens is 440 g/mol. The summed E-state index contributed by atoms with van der Waals surface area (Å²) in [4.78, 5) is 19.0. The minimum Gasteiger partial charge on any atom is -0.326 e. The van der Waals surface area contributed by atoms with E-state index in [1.54, 1.807) is 0 Å². The molecule has 0 heterocycles. The van der Waals surface area contributed by atoms with Gasteiger partial charge in [0.1, 0.15) is 0 Å². The van der Waals surface area contributed by atoms with Crippen LogP contribution in [0.25, 0.3) is 0 Å². The molecule has 5 heteroatoms. The number of anilines is 1. The van der Waals surface area contributed by atoms with Crippen molar-refractivity contribution in [2.24, 2.45) is 5.41 Å². The predicted octanol–water partition coefficient (Wildman–Crippen LogP) is 8.07. The zero-order chi connectivity index (χ0) is 26.5. The van der Waals surface area contributed by atoms with Gasteiger partial charge in [0.25, 0.3) is 0 Å². The van der Waals surface area contributed by atoms with Gasteiger partial charge in [0, 0.05) is 29.9 Å². The van der Waals surface area contributed by atoms with Crippen molar-refractivity contribution in [2.75, 3.05) is 12.4 Å². The number of amides is 1. The van der Waals surface area contributed by atoms with Crippen molar-refractivity contribution < 1.29 is 9.63 Å². The lowest BCUT2D eigenvalue weighted by molar-refractivity contribution is -0.241. The van der Waals surface area contributed by atoms with Gasteiger partial charge in [-0.3, -0.25) is 9.63 Å². The van der Waals surface area contributed by atoms with E-state index in [-0.39, 0.29) is 27.1 Å². The normalized spacial score (nSPS) is 13.8. The van der Waals surface area contributed by atoms with Crippen molar-refractivity contribution in [1.82, 2.24) is 5.06 Å². The average Bonchev–Trinajstić information content (AvgIpc) is 2.57. The van der Waals surface area contributed by atoms with Crippen LogP contribution in [0.4, 0.5) is 5.69 Å². The van der Waals surface area contributed by atoms with E-state index in [0.29, 0.717) is 17.7 Å². The molecule has 0 unspecified atom stereocenters. The van der Waals surface area contributed by atoms with E-state index in [2.05, 4.69) is 101 Å². The van der Waals surface area contributed by atoms with Crippen LogP contribution in [0, 0.1) is 5.41 Å². The molecule has 1 aromatic rings. The Hall–Kier alpha value is -1.04. The molecular formula is C29H52N2O2S. The van der Waals surface area contributed by atoms with Crippen LogP contribution in [-0.4, -0.2) is 39.7 Å². The van der Waals surface area contributed by atoms with E-state index in [1.807, 2.05) is 36.0 Å². The van der Waals surface area contributed by atoms with Crippen LogP contribution in [0.3, 0.4) is 0 Å². The van der Waals surface area contributed by atoms with Gasteiger partial charge in [0.15, 0.2) is 0 Å². The number of nitrogens with one attached hydrogen (secondary N) is 1. The van der Waals surface area contributed by atoms with Crippen molar-refractivity contribution in [2.45, 2.75) is 129 Å². The number of rotatable bonds is 13. The van der Waals surface area contributed by atoms with Gasteiger partial charge in [-0.2, -0.15) is 16.8 Å².